The van der Waals surface area contributed by atoms with Gasteiger partial charge in [-0.05, 0) is 39.3 Å². The molecule has 2 aliphatic heterocycles. The fourth-order valence-corrected chi connectivity index (χ4v) is 4.38. The number of likely N-dealkylation sites (tertiary alicyclic amines) is 1. The first-order chi connectivity index (χ1) is 14.5. The lowest BCUT2D eigenvalue weighted by Gasteiger charge is -2.34. The van der Waals surface area contributed by atoms with Gasteiger partial charge >= 0.3 is 6.03 Å². The normalized spacial score (nSPS) is 20.4. The summed E-state index contributed by atoms with van der Waals surface area (Å²) in [5, 5.41) is 14.5. The zero-order valence-electron chi connectivity index (χ0n) is 17.4. The van der Waals surface area contributed by atoms with Gasteiger partial charge in [0, 0.05) is 36.3 Å². The van der Waals surface area contributed by atoms with Crippen molar-refractivity contribution in [3.05, 3.63) is 36.0 Å². The van der Waals surface area contributed by atoms with Crippen LogP contribution in [0.5, 0.6) is 0 Å². The molecule has 9 nitrogen and oxygen atoms in total. The van der Waals surface area contributed by atoms with Gasteiger partial charge in [0.15, 0.2) is 5.82 Å². The van der Waals surface area contributed by atoms with Crippen molar-refractivity contribution in [1.29, 1.82) is 0 Å². The predicted octanol–water partition coefficient (Wildman–Crippen LogP) is 2.79. The van der Waals surface area contributed by atoms with E-state index in [1.165, 1.54) is 0 Å². The number of urea groups is 1. The summed E-state index contributed by atoms with van der Waals surface area (Å²) in [4.78, 5) is 26.3. The molecule has 2 amide bonds. The first kappa shape index (κ1) is 18.7. The molecule has 9 heteroatoms. The number of nitrogens with one attached hydrogen (secondary N) is 3. The van der Waals surface area contributed by atoms with Crippen molar-refractivity contribution in [3.8, 4) is 0 Å². The molecule has 0 aliphatic carbocycles. The minimum absolute atomic E-state index is 0.0211. The number of rotatable bonds is 4. The number of piperazine rings is 1. The van der Waals surface area contributed by atoms with Crippen LogP contribution in [0.2, 0.25) is 0 Å². The minimum atomic E-state index is 0.0211. The molecular formula is C21H26N8O. The zero-order chi connectivity index (χ0) is 20.8. The number of aromatic nitrogens is 4. The molecule has 4 heterocycles. The van der Waals surface area contributed by atoms with Gasteiger partial charge in [-0.3, -0.25) is 5.10 Å². The van der Waals surface area contributed by atoms with E-state index in [2.05, 4.69) is 25.7 Å². The number of H-pyrrole nitrogens is 1. The van der Waals surface area contributed by atoms with Crippen molar-refractivity contribution < 1.29 is 4.79 Å². The lowest BCUT2D eigenvalue weighted by Crippen LogP contribution is -2.53. The number of nitrogens with zero attached hydrogens (tertiary/aromatic N) is 5. The van der Waals surface area contributed by atoms with E-state index in [9.17, 15) is 4.79 Å². The number of hydrogen-bond acceptors (Lipinski definition) is 6. The molecule has 2 aromatic heterocycles. The van der Waals surface area contributed by atoms with E-state index in [0.29, 0.717) is 12.5 Å². The molecule has 5 rings (SSSR count). The first-order valence-corrected chi connectivity index (χ1v) is 10.4. The van der Waals surface area contributed by atoms with Gasteiger partial charge in [0.1, 0.15) is 5.82 Å². The van der Waals surface area contributed by atoms with E-state index in [0.717, 1.165) is 41.2 Å². The highest BCUT2D eigenvalue weighted by Gasteiger charge is 2.46. The summed E-state index contributed by atoms with van der Waals surface area (Å²) < 4.78 is 0. The van der Waals surface area contributed by atoms with Gasteiger partial charge in [0.25, 0.3) is 0 Å². The highest BCUT2D eigenvalue weighted by molar-refractivity contribution is 5.91. The van der Waals surface area contributed by atoms with E-state index in [-0.39, 0.29) is 24.2 Å². The summed E-state index contributed by atoms with van der Waals surface area (Å²) in [6.07, 6.45) is 0.947. The van der Waals surface area contributed by atoms with Crippen molar-refractivity contribution in [2.24, 2.45) is 0 Å². The average molecular weight is 406 g/mol. The molecule has 3 aromatic rings. The number of amides is 2. The highest BCUT2D eigenvalue weighted by atomic mass is 16.2. The molecule has 2 fully saturated rings. The van der Waals surface area contributed by atoms with Gasteiger partial charge in [-0.15, -0.1) is 0 Å². The van der Waals surface area contributed by atoms with Gasteiger partial charge < -0.3 is 20.4 Å². The molecule has 2 bridgehead atoms. The smallest absolute Gasteiger partial charge is 0.317 e. The number of benzene rings is 1. The quantitative estimate of drug-likeness (QED) is 0.616. The van der Waals surface area contributed by atoms with E-state index >= 15 is 0 Å². The molecule has 2 atom stereocenters. The number of carbonyl (C=O) groups is 1. The maximum atomic E-state index is 12.5. The van der Waals surface area contributed by atoms with Gasteiger partial charge in [0.2, 0.25) is 5.95 Å². The zero-order valence-corrected chi connectivity index (χ0v) is 17.4. The summed E-state index contributed by atoms with van der Waals surface area (Å²) in [5.74, 6) is 2.15. The standard InChI is InChI=1S/C21H26N8O/c1-12(2)22-21(30)29-11-14-9-15(29)10-28(14)20-23-17-7-5-4-6-16(17)19(25-20)24-18-8-13(3)26-27-18/h4-8,12,14-15H,9-11H2,1-3H3,(H,22,30)(H2,23,24,25,26,27). The number of para-hydroxylation sites is 1. The first-order valence-electron chi connectivity index (χ1n) is 10.4. The second-order valence-electron chi connectivity index (χ2n) is 8.40. The Hall–Kier alpha value is -3.36. The molecule has 0 spiro atoms. The van der Waals surface area contributed by atoms with E-state index in [1.807, 2.05) is 56.0 Å². The van der Waals surface area contributed by atoms with Crippen LogP contribution in [0.15, 0.2) is 30.3 Å². The molecule has 156 valence electrons. The Morgan fingerprint density at radius 3 is 2.73 bits per heavy atom. The van der Waals surface area contributed by atoms with E-state index < -0.39 is 0 Å². The lowest BCUT2D eigenvalue weighted by atomic mass is 10.2. The number of aryl methyl sites for hydroxylation is 1. The fraction of sp³-hybridized carbons (Fsp3) is 0.429. The van der Waals surface area contributed by atoms with Crippen LogP contribution >= 0.6 is 0 Å². The minimum Gasteiger partial charge on any atom is -0.336 e. The molecule has 0 radical (unpaired) electrons. The highest BCUT2D eigenvalue weighted by Crippen LogP contribution is 2.35. The largest absolute Gasteiger partial charge is 0.336 e. The Morgan fingerprint density at radius 2 is 2.03 bits per heavy atom. The Balaban J connectivity index is 1.43. The van der Waals surface area contributed by atoms with Gasteiger partial charge in [0.05, 0.1) is 17.6 Å². The van der Waals surface area contributed by atoms with Crippen LogP contribution in [0.25, 0.3) is 10.9 Å². The summed E-state index contributed by atoms with van der Waals surface area (Å²) in [7, 11) is 0. The number of fused-ring (bicyclic) bond motifs is 3. The van der Waals surface area contributed by atoms with Crippen LogP contribution in [0.1, 0.15) is 26.0 Å². The number of carbonyl (C=O) groups excluding carboxylic acids is 1. The summed E-state index contributed by atoms with van der Waals surface area (Å²) in [6, 6.07) is 10.5. The van der Waals surface area contributed by atoms with Crippen LogP contribution < -0.4 is 15.5 Å². The van der Waals surface area contributed by atoms with Crippen LogP contribution in [0.4, 0.5) is 22.4 Å². The van der Waals surface area contributed by atoms with Crippen molar-refractivity contribution in [2.75, 3.05) is 23.3 Å². The third kappa shape index (κ3) is 3.30. The second-order valence-corrected chi connectivity index (χ2v) is 8.40. The summed E-state index contributed by atoms with van der Waals surface area (Å²) >= 11 is 0. The third-order valence-electron chi connectivity index (χ3n) is 5.71. The SMILES string of the molecule is Cc1cc(Nc2nc(N3CC4CC3CN4C(=O)NC(C)C)nc3ccccc23)n[nH]1. The molecule has 0 saturated carbocycles. The monoisotopic (exact) mass is 406 g/mol. The second kappa shape index (κ2) is 7.16. The Kier molecular flexibility index (Phi) is 4.45. The average Bonchev–Trinajstić information content (AvgIpc) is 3.43. The molecule has 2 aliphatic rings. The summed E-state index contributed by atoms with van der Waals surface area (Å²) in [6.45, 7) is 7.37. The molecule has 3 N–H and O–H groups in total. The number of anilines is 3. The van der Waals surface area contributed by atoms with E-state index in [1.54, 1.807) is 0 Å². The van der Waals surface area contributed by atoms with Crippen molar-refractivity contribution in [3.63, 3.8) is 0 Å². The number of hydrogen-bond donors (Lipinski definition) is 3. The van der Waals surface area contributed by atoms with Crippen molar-refractivity contribution >= 4 is 34.5 Å². The Morgan fingerprint density at radius 1 is 1.20 bits per heavy atom. The topological polar surface area (TPSA) is 102 Å². The van der Waals surface area contributed by atoms with Crippen LogP contribution in [-0.2, 0) is 0 Å². The maximum absolute atomic E-state index is 12.5. The Labute approximate surface area is 174 Å². The molecule has 2 unspecified atom stereocenters. The molecular weight excluding hydrogens is 380 g/mol. The maximum Gasteiger partial charge on any atom is 0.317 e. The van der Waals surface area contributed by atoms with Crippen LogP contribution in [-0.4, -0.2) is 62.3 Å². The predicted molar refractivity (Wildman–Crippen MR) is 116 cm³/mol. The van der Waals surface area contributed by atoms with Crippen LogP contribution in [0, 0.1) is 6.92 Å². The van der Waals surface area contributed by atoms with Gasteiger partial charge in [-0.25, -0.2) is 9.78 Å². The lowest BCUT2D eigenvalue weighted by molar-refractivity contribution is 0.186. The van der Waals surface area contributed by atoms with Gasteiger partial charge in [-0.2, -0.15) is 10.1 Å². The van der Waals surface area contributed by atoms with E-state index in [4.69, 9.17) is 9.97 Å². The van der Waals surface area contributed by atoms with Crippen LogP contribution in [0.3, 0.4) is 0 Å². The van der Waals surface area contributed by atoms with Crippen molar-refractivity contribution in [1.82, 2.24) is 30.4 Å². The summed E-state index contributed by atoms with van der Waals surface area (Å²) in [5.41, 5.74) is 1.86. The van der Waals surface area contributed by atoms with Gasteiger partial charge in [-0.1, -0.05) is 12.1 Å². The fourth-order valence-electron chi connectivity index (χ4n) is 4.38. The molecule has 2 saturated heterocycles. The molecule has 1 aromatic carbocycles. The Bertz CT molecular complexity index is 1090. The third-order valence-corrected chi connectivity index (χ3v) is 5.71. The molecule has 30 heavy (non-hydrogen) atoms. The van der Waals surface area contributed by atoms with Crippen molar-refractivity contribution in [2.45, 2.75) is 45.3 Å². The number of aromatic amines is 1.